The number of hydrogen-bond acceptors (Lipinski definition) is 5. The lowest BCUT2D eigenvalue weighted by Crippen LogP contribution is -2.30. The number of halogens is 2. The number of thiophene rings is 1. The number of amides is 2. The second-order valence-corrected chi connectivity index (χ2v) is 7.99. The second-order valence-electron chi connectivity index (χ2n) is 6.53. The standard InChI is InChI=1S/C22H18ClFN2O4S/c1-13-9-18(26-21(28)16-8-7-15(24)10-17(16)23)31-20(13)22(29)25-11-19(27)30-12-14-5-3-2-4-6-14/h2-10H,11-12H2,1H3,(H,25,29)(H,26,28). The molecule has 1 aromatic heterocycles. The number of carbonyl (C=O) groups is 3. The van der Waals surface area contributed by atoms with E-state index < -0.39 is 23.6 Å². The fourth-order valence-corrected chi connectivity index (χ4v) is 3.88. The van der Waals surface area contributed by atoms with Gasteiger partial charge in [-0.25, -0.2) is 4.39 Å². The average molecular weight is 461 g/mol. The van der Waals surface area contributed by atoms with Crippen molar-refractivity contribution in [3.63, 3.8) is 0 Å². The first-order valence-electron chi connectivity index (χ1n) is 9.18. The van der Waals surface area contributed by atoms with Gasteiger partial charge in [-0.3, -0.25) is 14.4 Å². The molecule has 0 atom stereocenters. The summed E-state index contributed by atoms with van der Waals surface area (Å²) in [7, 11) is 0. The highest BCUT2D eigenvalue weighted by Crippen LogP contribution is 2.28. The first kappa shape index (κ1) is 22.5. The summed E-state index contributed by atoms with van der Waals surface area (Å²) in [5.41, 5.74) is 1.58. The van der Waals surface area contributed by atoms with Crippen LogP contribution in [0.3, 0.4) is 0 Å². The van der Waals surface area contributed by atoms with Crippen LogP contribution in [0.4, 0.5) is 9.39 Å². The van der Waals surface area contributed by atoms with Gasteiger partial charge in [0.25, 0.3) is 11.8 Å². The Morgan fingerprint density at radius 3 is 2.52 bits per heavy atom. The molecule has 2 N–H and O–H groups in total. The van der Waals surface area contributed by atoms with Crippen LogP contribution in [0.5, 0.6) is 0 Å². The van der Waals surface area contributed by atoms with Crippen LogP contribution < -0.4 is 10.6 Å². The number of carbonyl (C=O) groups excluding carboxylic acids is 3. The van der Waals surface area contributed by atoms with E-state index in [2.05, 4.69) is 10.6 Å². The summed E-state index contributed by atoms with van der Waals surface area (Å²) < 4.78 is 18.3. The highest BCUT2D eigenvalue weighted by Gasteiger charge is 2.18. The van der Waals surface area contributed by atoms with E-state index in [0.29, 0.717) is 15.4 Å². The number of aryl methyl sites for hydroxylation is 1. The molecule has 0 aliphatic heterocycles. The summed E-state index contributed by atoms with van der Waals surface area (Å²) >= 11 is 6.96. The quantitative estimate of drug-likeness (QED) is 0.506. The Morgan fingerprint density at radius 1 is 1.06 bits per heavy atom. The molecule has 0 radical (unpaired) electrons. The van der Waals surface area contributed by atoms with E-state index in [4.69, 9.17) is 16.3 Å². The van der Waals surface area contributed by atoms with Gasteiger partial charge >= 0.3 is 5.97 Å². The zero-order valence-corrected chi connectivity index (χ0v) is 18.0. The van der Waals surface area contributed by atoms with Gasteiger partial charge in [0.15, 0.2) is 0 Å². The van der Waals surface area contributed by atoms with Gasteiger partial charge in [-0.2, -0.15) is 0 Å². The molecule has 0 saturated heterocycles. The maximum atomic E-state index is 13.2. The molecule has 0 saturated carbocycles. The Kier molecular flexibility index (Phi) is 7.38. The van der Waals surface area contributed by atoms with Crippen molar-refractivity contribution >= 4 is 45.7 Å². The number of esters is 1. The minimum atomic E-state index is -0.564. The van der Waals surface area contributed by atoms with Gasteiger partial charge in [-0.15, -0.1) is 11.3 Å². The molecule has 2 aromatic carbocycles. The van der Waals surface area contributed by atoms with E-state index in [0.717, 1.165) is 29.0 Å². The zero-order valence-electron chi connectivity index (χ0n) is 16.4. The third-order valence-electron chi connectivity index (χ3n) is 4.17. The molecule has 0 unspecified atom stereocenters. The predicted octanol–water partition coefficient (Wildman–Crippen LogP) is 4.57. The average Bonchev–Trinajstić information content (AvgIpc) is 3.11. The van der Waals surface area contributed by atoms with Crippen molar-refractivity contribution in [2.24, 2.45) is 0 Å². The third-order valence-corrected chi connectivity index (χ3v) is 5.64. The maximum absolute atomic E-state index is 13.2. The molecular weight excluding hydrogens is 443 g/mol. The Bertz CT molecular complexity index is 1120. The number of ether oxygens (including phenoxy) is 1. The number of nitrogens with one attached hydrogen (secondary N) is 2. The molecule has 0 fully saturated rings. The summed E-state index contributed by atoms with van der Waals surface area (Å²) in [6, 6.07) is 14.3. The fourth-order valence-electron chi connectivity index (χ4n) is 2.64. The van der Waals surface area contributed by atoms with Crippen molar-refractivity contribution in [1.82, 2.24) is 5.32 Å². The van der Waals surface area contributed by atoms with Crippen LogP contribution in [0, 0.1) is 12.7 Å². The SMILES string of the molecule is Cc1cc(NC(=O)c2ccc(F)cc2Cl)sc1C(=O)NCC(=O)OCc1ccccc1. The molecule has 31 heavy (non-hydrogen) atoms. The highest BCUT2D eigenvalue weighted by atomic mass is 35.5. The molecule has 0 aliphatic rings. The van der Waals surface area contributed by atoms with Crippen LogP contribution in [0.15, 0.2) is 54.6 Å². The lowest BCUT2D eigenvalue weighted by molar-refractivity contribution is -0.143. The molecule has 0 aliphatic carbocycles. The molecule has 2 amide bonds. The van der Waals surface area contributed by atoms with Crippen molar-refractivity contribution in [3.05, 3.63) is 87.0 Å². The van der Waals surface area contributed by atoms with Crippen LogP contribution >= 0.6 is 22.9 Å². The van der Waals surface area contributed by atoms with Crippen molar-refractivity contribution in [3.8, 4) is 0 Å². The van der Waals surface area contributed by atoms with Crippen LogP contribution in [0.2, 0.25) is 5.02 Å². The predicted molar refractivity (Wildman–Crippen MR) is 117 cm³/mol. The monoisotopic (exact) mass is 460 g/mol. The number of benzene rings is 2. The van der Waals surface area contributed by atoms with E-state index in [1.807, 2.05) is 30.3 Å². The van der Waals surface area contributed by atoms with Gasteiger partial charge in [-0.1, -0.05) is 41.9 Å². The summed E-state index contributed by atoms with van der Waals surface area (Å²) in [6.45, 7) is 1.55. The van der Waals surface area contributed by atoms with E-state index in [1.165, 1.54) is 6.07 Å². The molecule has 3 rings (SSSR count). The van der Waals surface area contributed by atoms with Crippen LogP contribution in [-0.4, -0.2) is 24.3 Å². The topological polar surface area (TPSA) is 84.5 Å². The van der Waals surface area contributed by atoms with E-state index in [1.54, 1.807) is 13.0 Å². The molecule has 160 valence electrons. The zero-order chi connectivity index (χ0) is 22.4. The first-order valence-corrected chi connectivity index (χ1v) is 10.4. The lowest BCUT2D eigenvalue weighted by Gasteiger charge is -2.06. The largest absolute Gasteiger partial charge is 0.460 e. The minimum absolute atomic E-state index is 0.0160. The molecular formula is C22H18ClFN2O4S. The lowest BCUT2D eigenvalue weighted by atomic mass is 10.2. The Morgan fingerprint density at radius 2 is 1.81 bits per heavy atom. The molecule has 3 aromatic rings. The van der Waals surface area contributed by atoms with Crippen LogP contribution in [-0.2, 0) is 16.1 Å². The summed E-state index contributed by atoms with van der Waals surface area (Å²) in [6.07, 6.45) is 0. The van der Waals surface area contributed by atoms with Gasteiger partial charge in [0, 0.05) is 0 Å². The fraction of sp³-hybridized carbons (Fsp3) is 0.136. The molecule has 1 heterocycles. The first-order chi connectivity index (χ1) is 14.8. The molecule has 0 bridgehead atoms. The summed E-state index contributed by atoms with van der Waals surface area (Å²) in [5.74, 6) is -2.09. The number of rotatable bonds is 7. The van der Waals surface area contributed by atoms with Crippen molar-refractivity contribution < 1.29 is 23.5 Å². The third kappa shape index (κ3) is 6.13. The van der Waals surface area contributed by atoms with Crippen molar-refractivity contribution in [2.45, 2.75) is 13.5 Å². The van der Waals surface area contributed by atoms with Gasteiger partial charge in [0.2, 0.25) is 0 Å². The van der Waals surface area contributed by atoms with E-state index in [9.17, 15) is 18.8 Å². The van der Waals surface area contributed by atoms with Gasteiger partial charge < -0.3 is 15.4 Å². The molecule has 6 nitrogen and oxygen atoms in total. The summed E-state index contributed by atoms with van der Waals surface area (Å²) in [4.78, 5) is 37.0. The van der Waals surface area contributed by atoms with Crippen LogP contribution in [0.25, 0.3) is 0 Å². The molecule has 0 spiro atoms. The maximum Gasteiger partial charge on any atom is 0.325 e. The second kappa shape index (κ2) is 10.2. The van der Waals surface area contributed by atoms with Gasteiger partial charge in [-0.05, 0) is 42.3 Å². The van der Waals surface area contributed by atoms with E-state index >= 15 is 0 Å². The van der Waals surface area contributed by atoms with Crippen molar-refractivity contribution in [1.29, 1.82) is 0 Å². The normalized spacial score (nSPS) is 10.4. The Labute approximate surface area is 187 Å². The van der Waals surface area contributed by atoms with Crippen molar-refractivity contribution in [2.75, 3.05) is 11.9 Å². The minimum Gasteiger partial charge on any atom is -0.460 e. The van der Waals surface area contributed by atoms with Gasteiger partial charge in [0.1, 0.15) is 19.0 Å². The highest BCUT2D eigenvalue weighted by molar-refractivity contribution is 7.18. The smallest absolute Gasteiger partial charge is 0.325 e. The van der Waals surface area contributed by atoms with E-state index in [-0.39, 0.29) is 23.7 Å². The summed E-state index contributed by atoms with van der Waals surface area (Å²) in [5, 5.41) is 5.55. The number of hydrogen-bond donors (Lipinski definition) is 2. The molecule has 9 heteroatoms. The Hall–Kier alpha value is -3.23. The Balaban J connectivity index is 1.55. The number of anilines is 1. The van der Waals surface area contributed by atoms with Crippen LogP contribution in [0.1, 0.15) is 31.2 Å². The van der Waals surface area contributed by atoms with Gasteiger partial charge in [0.05, 0.1) is 20.5 Å².